The highest BCUT2D eigenvalue weighted by Crippen LogP contribution is 2.23. The van der Waals surface area contributed by atoms with E-state index in [0.29, 0.717) is 29.8 Å². The number of nitrogens with one attached hydrogen (secondary N) is 1. The SMILES string of the molecule is CCCOc1nc(NCC)nc(SCC2CCCO2)n1. The molecule has 20 heavy (non-hydrogen) atoms. The summed E-state index contributed by atoms with van der Waals surface area (Å²) in [7, 11) is 0. The van der Waals surface area contributed by atoms with E-state index in [0.717, 1.165) is 38.2 Å². The van der Waals surface area contributed by atoms with E-state index in [1.165, 1.54) is 0 Å². The number of ether oxygens (including phenoxy) is 2. The van der Waals surface area contributed by atoms with E-state index in [1.54, 1.807) is 11.8 Å². The number of thioether (sulfide) groups is 1. The highest BCUT2D eigenvalue weighted by molar-refractivity contribution is 7.99. The van der Waals surface area contributed by atoms with Crippen molar-refractivity contribution < 1.29 is 9.47 Å². The van der Waals surface area contributed by atoms with Gasteiger partial charge in [-0.15, -0.1) is 0 Å². The van der Waals surface area contributed by atoms with E-state index in [4.69, 9.17) is 9.47 Å². The van der Waals surface area contributed by atoms with E-state index in [9.17, 15) is 0 Å². The van der Waals surface area contributed by atoms with E-state index < -0.39 is 0 Å². The van der Waals surface area contributed by atoms with Crippen LogP contribution in [-0.2, 0) is 4.74 Å². The Labute approximate surface area is 124 Å². The number of nitrogens with zero attached hydrogens (tertiary/aromatic N) is 3. The van der Waals surface area contributed by atoms with Crippen LogP contribution >= 0.6 is 11.8 Å². The first-order valence-electron chi connectivity index (χ1n) is 7.19. The van der Waals surface area contributed by atoms with Crippen molar-refractivity contribution in [1.29, 1.82) is 0 Å². The Morgan fingerprint density at radius 2 is 2.25 bits per heavy atom. The average Bonchev–Trinajstić information content (AvgIpc) is 2.96. The van der Waals surface area contributed by atoms with E-state index >= 15 is 0 Å². The van der Waals surface area contributed by atoms with Crippen molar-refractivity contribution in [2.24, 2.45) is 0 Å². The van der Waals surface area contributed by atoms with Crippen molar-refractivity contribution >= 4 is 17.7 Å². The summed E-state index contributed by atoms with van der Waals surface area (Å²) in [5.41, 5.74) is 0. The zero-order valence-corrected chi connectivity index (χ0v) is 12.9. The molecule has 2 rings (SSSR count). The quantitative estimate of drug-likeness (QED) is 0.739. The molecule has 2 heterocycles. The van der Waals surface area contributed by atoms with Crippen LogP contribution in [0.4, 0.5) is 5.95 Å². The fraction of sp³-hybridized carbons (Fsp3) is 0.769. The van der Waals surface area contributed by atoms with Crippen molar-refractivity contribution in [1.82, 2.24) is 15.0 Å². The summed E-state index contributed by atoms with van der Waals surface area (Å²) in [5, 5.41) is 3.80. The van der Waals surface area contributed by atoms with Crippen LogP contribution in [0.1, 0.15) is 33.1 Å². The molecule has 1 unspecified atom stereocenters. The van der Waals surface area contributed by atoms with E-state index in [-0.39, 0.29) is 0 Å². The lowest BCUT2D eigenvalue weighted by molar-refractivity contribution is 0.129. The lowest BCUT2D eigenvalue weighted by Crippen LogP contribution is -2.11. The molecule has 1 aromatic rings. The van der Waals surface area contributed by atoms with E-state index in [1.807, 2.05) is 6.92 Å². The third kappa shape index (κ3) is 4.79. The minimum absolute atomic E-state index is 0.319. The second-order valence-electron chi connectivity index (χ2n) is 4.55. The Morgan fingerprint density at radius 1 is 1.35 bits per heavy atom. The predicted molar refractivity (Wildman–Crippen MR) is 79.5 cm³/mol. The molecule has 1 fully saturated rings. The van der Waals surface area contributed by atoms with Gasteiger partial charge >= 0.3 is 6.01 Å². The Balaban J connectivity index is 1.98. The number of aromatic nitrogens is 3. The number of rotatable bonds is 8. The first-order chi connectivity index (χ1) is 9.81. The second-order valence-corrected chi connectivity index (χ2v) is 5.54. The number of hydrogen-bond donors (Lipinski definition) is 1. The highest BCUT2D eigenvalue weighted by atomic mass is 32.2. The molecule has 6 nitrogen and oxygen atoms in total. The first kappa shape index (κ1) is 15.3. The molecule has 0 amide bonds. The molecule has 1 aromatic heterocycles. The highest BCUT2D eigenvalue weighted by Gasteiger charge is 2.17. The summed E-state index contributed by atoms with van der Waals surface area (Å²) in [6, 6.07) is 0.396. The third-order valence-corrected chi connectivity index (χ3v) is 3.77. The van der Waals surface area contributed by atoms with Gasteiger partial charge in [-0.1, -0.05) is 18.7 Å². The summed E-state index contributed by atoms with van der Waals surface area (Å²) < 4.78 is 11.1. The van der Waals surface area contributed by atoms with Gasteiger partial charge in [0.05, 0.1) is 12.7 Å². The Hall–Kier alpha value is -1.08. The van der Waals surface area contributed by atoms with Crippen LogP contribution in [0.25, 0.3) is 0 Å². The van der Waals surface area contributed by atoms with Crippen LogP contribution in [0, 0.1) is 0 Å². The van der Waals surface area contributed by atoms with Gasteiger partial charge in [-0.05, 0) is 26.2 Å². The molecule has 1 aliphatic rings. The van der Waals surface area contributed by atoms with Crippen LogP contribution in [0.5, 0.6) is 6.01 Å². The standard InChI is InChI=1S/C13H22N4O2S/c1-3-7-19-12-15-11(14-4-2)16-13(17-12)20-9-10-6-5-8-18-10/h10H,3-9H2,1-2H3,(H,14,15,16,17). The minimum atomic E-state index is 0.319. The van der Waals surface area contributed by atoms with Crippen molar-refractivity contribution in [3.05, 3.63) is 0 Å². The van der Waals surface area contributed by atoms with Crippen molar-refractivity contribution in [3.63, 3.8) is 0 Å². The molecular formula is C13H22N4O2S. The topological polar surface area (TPSA) is 69.2 Å². The zero-order valence-electron chi connectivity index (χ0n) is 12.1. The molecule has 0 spiro atoms. The smallest absolute Gasteiger partial charge is 0.322 e. The van der Waals surface area contributed by atoms with Gasteiger partial charge in [-0.2, -0.15) is 15.0 Å². The van der Waals surface area contributed by atoms with Crippen LogP contribution in [0.3, 0.4) is 0 Å². The fourth-order valence-electron chi connectivity index (χ4n) is 1.84. The monoisotopic (exact) mass is 298 g/mol. The summed E-state index contributed by atoms with van der Waals surface area (Å²) in [6.07, 6.45) is 3.52. The predicted octanol–water partition coefficient (Wildman–Crippen LogP) is 2.36. The van der Waals surface area contributed by atoms with E-state index in [2.05, 4.69) is 27.2 Å². The molecule has 0 radical (unpaired) electrons. The Bertz CT molecular complexity index is 413. The molecule has 0 bridgehead atoms. The van der Waals surface area contributed by atoms with Gasteiger partial charge in [-0.25, -0.2) is 0 Å². The number of anilines is 1. The van der Waals surface area contributed by atoms with Gasteiger partial charge in [0.25, 0.3) is 0 Å². The average molecular weight is 298 g/mol. The zero-order chi connectivity index (χ0) is 14.2. The largest absolute Gasteiger partial charge is 0.463 e. The van der Waals surface area contributed by atoms with Gasteiger partial charge in [0, 0.05) is 18.9 Å². The van der Waals surface area contributed by atoms with Gasteiger partial charge < -0.3 is 14.8 Å². The molecule has 1 N–H and O–H groups in total. The number of hydrogen-bond acceptors (Lipinski definition) is 7. The minimum Gasteiger partial charge on any atom is -0.463 e. The molecule has 0 aromatic carbocycles. The lowest BCUT2D eigenvalue weighted by Gasteiger charge is -2.10. The maximum Gasteiger partial charge on any atom is 0.322 e. The van der Waals surface area contributed by atoms with Crippen LogP contribution < -0.4 is 10.1 Å². The van der Waals surface area contributed by atoms with Crippen LogP contribution in [0.2, 0.25) is 0 Å². The molecule has 1 saturated heterocycles. The lowest BCUT2D eigenvalue weighted by atomic mass is 10.3. The van der Waals surface area contributed by atoms with Crippen LogP contribution in [0.15, 0.2) is 5.16 Å². The molecule has 0 saturated carbocycles. The van der Waals surface area contributed by atoms with Crippen molar-refractivity contribution in [3.8, 4) is 6.01 Å². The summed E-state index contributed by atoms with van der Waals surface area (Å²) in [5.74, 6) is 1.45. The molecular weight excluding hydrogens is 276 g/mol. The molecule has 1 atom stereocenters. The molecule has 1 aliphatic heterocycles. The molecule has 112 valence electrons. The van der Waals surface area contributed by atoms with Crippen molar-refractivity contribution in [2.75, 3.05) is 30.8 Å². The summed E-state index contributed by atoms with van der Waals surface area (Å²) in [4.78, 5) is 13.0. The van der Waals surface area contributed by atoms with Gasteiger partial charge in [-0.3, -0.25) is 0 Å². The Morgan fingerprint density at radius 3 is 2.95 bits per heavy atom. The normalized spacial score (nSPS) is 18.2. The van der Waals surface area contributed by atoms with Gasteiger partial charge in [0.15, 0.2) is 5.16 Å². The van der Waals surface area contributed by atoms with Crippen LogP contribution in [-0.4, -0.2) is 46.6 Å². The summed E-state index contributed by atoms with van der Waals surface area (Å²) in [6.45, 7) is 6.32. The van der Waals surface area contributed by atoms with Crippen molar-refractivity contribution in [2.45, 2.75) is 44.4 Å². The Kier molecular flexibility index (Phi) is 6.32. The third-order valence-electron chi connectivity index (χ3n) is 2.79. The first-order valence-corrected chi connectivity index (χ1v) is 8.17. The maximum atomic E-state index is 5.61. The molecule has 7 heteroatoms. The second kappa shape index (κ2) is 8.26. The molecule has 0 aliphatic carbocycles. The fourth-order valence-corrected chi connectivity index (χ4v) is 2.73. The van der Waals surface area contributed by atoms with Gasteiger partial charge in [0.2, 0.25) is 5.95 Å². The van der Waals surface area contributed by atoms with Gasteiger partial charge in [0.1, 0.15) is 0 Å². The maximum absolute atomic E-state index is 5.61. The summed E-state index contributed by atoms with van der Waals surface area (Å²) >= 11 is 1.60.